The molecule has 0 aliphatic rings. The first-order valence-electron chi connectivity index (χ1n) is 25.2. The van der Waals surface area contributed by atoms with Crippen LogP contribution in [-0.4, -0.2) is 73.6 Å². The van der Waals surface area contributed by atoms with Crippen molar-refractivity contribution >= 4 is 52.7 Å². The van der Waals surface area contributed by atoms with Crippen molar-refractivity contribution in [2.45, 2.75) is 180 Å². The Kier molecular flexibility index (Phi) is 18.3. The average molecular weight is 988 g/mol. The van der Waals surface area contributed by atoms with Crippen molar-refractivity contribution in [3.63, 3.8) is 0 Å². The molecular formula is C60H81N3O9. The van der Waals surface area contributed by atoms with Gasteiger partial charge in [0.25, 0.3) is 0 Å². The van der Waals surface area contributed by atoms with E-state index in [0.29, 0.717) is 53.0 Å². The fraction of sp³-hybridized carbons (Fsp3) is 0.500. The fourth-order valence-electron chi connectivity index (χ4n) is 10.0. The molecule has 0 aliphatic carbocycles. The summed E-state index contributed by atoms with van der Waals surface area (Å²) in [4.78, 5) is 88.7. The number of nitrogens with zero attached hydrogens (tertiary/aromatic N) is 3. The first kappa shape index (κ1) is 58.3. The quantitative estimate of drug-likeness (QED) is 0.0841. The fourth-order valence-corrected chi connectivity index (χ4v) is 10.0. The van der Waals surface area contributed by atoms with Crippen LogP contribution in [0.3, 0.4) is 0 Å². The van der Waals surface area contributed by atoms with Gasteiger partial charge in [0.05, 0.1) is 36.0 Å². The molecule has 0 atom stereocenters. The number of rotatable bonds is 15. The number of anilines is 3. The number of aryl methyl sites for hydroxylation is 6. The second-order valence-electron chi connectivity index (χ2n) is 22.2. The number of amides is 3. The van der Waals surface area contributed by atoms with Gasteiger partial charge in [0, 0.05) is 38.2 Å². The largest absolute Gasteiger partial charge is 0.456 e. The van der Waals surface area contributed by atoms with E-state index in [9.17, 15) is 28.8 Å². The van der Waals surface area contributed by atoms with Crippen LogP contribution in [0.2, 0.25) is 0 Å². The van der Waals surface area contributed by atoms with Crippen LogP contribution in [-0.2, 0) is 67.1 Å². The standard InChI is InChI=1S/C60H81N3O9/c1-22-43-46(31-49(64)61(19)52-34(4)25-40(26-35(52)5)55(67)70-58(10,11)12)44(23-2)48(33-51(66)63(21)54-38(8)29-42(30-39(54)9)57(69)72-60(16,17)18)45(24-3)47(43)32-50(65)62(20)53-36(6)27-41(28-37(53)7)56(68)71-59(13,14)15/h25-30H,22-24,31-33H2,1-21H3. The predicted octanol–water partition coefficient (Wildman–Crippen LogP) is 11.7. The van der Waals surface area contributed by atoms with Crippen molar-refractivity contribution in [1.82, 2.24) is 0 Å². The minimum atomic E-state index is -0.678. The summed E-state index contributed by atoms with van der Waals surface area (Å²) < 4.78 is 17.0. The van der Waals surface area contributed by atoms with Crippen LogP contribution in [0.4, 0.5) is 17.1 Å². The van der Waals surface area contributed by atoms with Gasteiger partial charge in [-0.2, -0.15) is 0 Å². The lowest BCUT2D eigenvalue weighted by atomic mass is 9.80. The molecule has 0 N–H and O–H groups in total. The van der Waals surface area contributed by atoms with Crippen molar-refractivity contribution in [1.29, 1.82) is 0 Å². The molecule has 0 fully saturated rings. The normalized spacial score (nSPS) is 11.8. The van der Waals surface area contributed by atoms with Crippen LogP contribution in [0.1, 0.15) is 181 Å². The number of hydrogen-bond donors (Lipinski definition) is 0. The number of likely N-dealkylation sites (N-methyl/N-ethyl adjacent to an activating group) is 3. The number of carbonyl (C=O) groups excluding carboxylic acids is 6. The molecule has 72 heavy (non-hydrogen) atoms. The van der Waals surface area contributed by atoms with Crippen molar-refractivity contribution in [2.24, 2.45) is 0 Å². The van der Waals surface area contributed by atoms with Crippen LogP contribution in [0.25, 0.3) is 0 Å². The number of benzene rings is 4. The topological polar surface area (TPSA) is 140 Å². The summed E-state index contributed by atoms with van der Waals surface area (Å²) in [5, 5.41) is 0. The monoisotopic (exact) mass is 988 g/mol. The minimum absolute atomic E-state index is 0.0116. The molecule has 12 nitrogen and oxygen atoms in total. The Balaban J connectivity index is 1.90. The highest BCUT2D eigenvalue weighted by Crippen LogP contribution is 2.36. The Morgan fingerprint density at radius 2 is 0.542 bits per heavy atom. The molecule has 4 rings (SSSR count). The molecule has 390 valence electrons. The van der Waals surface area contributed by atoms with Crippen LogP contribution >= 0.6 is 0 Å². The SMILES string of the molecule is CCc1c(CC(=O)N(C)c2c(C)cc(C(=O)OC(C)(C)C)cc2C)c(CC)c(CC(=O)N(C)c2c(C)cc(C(=O)OC(C)(C)C)cc2C)c(CC)c1CC(=O)N(C)c1c(C)cc(C(=O)OC(C)(C)C)cc1C. The van der Waals surface area contributed by atoms with Gasteiger partial charge in [0.2, 0.25) is 17.7 Å². The van der Waals surface area contributed by atoms with E-state index in [1.54, 1.807) is 72.2 Å². The highest BCUT2D eigenvalue weighted by molar-refractivity contribution is 6.01. The first-order chi connectivity index (χ1) is 33.1. The zero-order valence-electron chi connectivity index (χ0n) is 47.2. The zero-order chi connectivity index (χ0) is 54.7. The number of hydrogen-bond acceptors (Lipinski definition) is 9. The maximum Gasteiger partial charge on any atom is 0.338 e. The van der Waals surface area contributed by atoms with Gasteiger partial charge >= 0.3 is 17.9 Å². The molecule has 0 aliphatic heterocycles. The van der Waals surface area contributed by atoms with Gasteiger partial charge in [-0.3, -0.25) is 14.4 Å². The van der Waals surface area contributed by atoms with Crippen molar-refractivity contribution in [2.75, 3.05) is 35.8 Å². The summed E-state index contributed by atoms with van der Waals surface area (Å²) in [5.74, 6) is -1.93. The summed E-state index contributed by atoms with van der Waals surface area (Å²) in [6.45, 7) is 33.7. The third kappa shape index (κ3) is 13.8. The third-order valence-corrected chi connectivity index (χ3v) is 12.7. The molecule has 0 bridgehead atoms. The van der Waals surface area contributed by atoms with E-state index < -0.39 is 34.7 Å². The van der Waals surface area contributed by atoms with Gasteiger partial charge in [-0.25, -0.2) is 14.4 Å². The lowest BCUT2D eigenvalue weighted by molar-refractivity contribution is -0.118. The zero-order valence-corrected chi connectivity index (χ0v) is 47.2. The second kappa shape index (κ2) is 22.6. The van der Waals surface area contributed by atoms with E-state index in [4.69, 9.17) is 14.2 Å². The van der Waals surface area contributed by atoms with Gasteiger partial charge < -0.3 is 28.9 Å². The number of ether oxygens (including phenoxy) is 3. The highest BCUT2D eigenvalue weighted by Gasteiger charge is 2.31. The van der Waals surface area contributed by atoms with Crippen LogP contribution in [0, 0.1) is 41.5 Å². The van der Waals surface area contributed by atoms with E-state index in [1.165, 1.54) is 0 Å². The lowest BCUT2D eigenvalue weighted by Gasteiger charge is -2.30. The van der Waals surface area contributed by atoms with Gasteiger partial charge in [-0.1, -0.05) is 20.8 Å². The Morgan fingerprint density at radius 3 is 0.694 bits per heavy atom. The maximum atomic E-state index is 14.8. The van der Waals surface area contributed by atoms with Gasteiger partial charge in [0.15, 0.2) is 0 Å². The molecule has 3 amide bonds. The molecule has 0 aromatic heterocycles. The van der Waals surface area contributed by atoms with Crippen LogP contribution < -0.4 is 14.7 Å². The molecule has 0 spiro atoms. The summed E-state index contributed by atoms with van der Waals surface area (Å²) in [6, 6.07) is 10.5. The summed E-state index contributed by atoms with van der Waals surface area (Å²) in [6.07, 6.45) is 1.51. The second-order valence-corrected chi connectivity index (χ2v) is 22.2. The maximum absolute atomic E-state index is 14.8. The third-order valence-electron chi connectivity index (χ3n) is 12.7. The van der Waals surface area contributed by atoms with Gasteiger partial charge in [-0.15, -0.1) is 0 Å². The van der Waals surface area contributed by atoms with Crippen LogP contribution in [0.15, 0.2) is 36.4 Å². The summed E-state index contributed by atoms with van der Waals surface area (Å²) in [5.41, 5.74) is 10.6. The number of esters is 3. The Labute approximate surface area is 429 Å². The van der Waals surface area contributed by atoms with Crippen LogP contribution in [0.5, 0.6) is 0 Å². The molecule has 0 heterocycles. The summed E-state index contributed by atoms with van der Waals surface area (Å²) in [7, 11) is 5.20. The van der Waals surface area contributed by atoms with Crippen molar-refractivity contribution in [3.8, 4) is 0 Å². The van der Waals surface area contributed by atoms with E-state index in [0.717, 1.165) is 66.8 Å². The van der Waals surface area contributed by atoms with Gasteiger partial charge in [0.1, 0.15) is 16.8 Å². The first-order valence-corrected chi connectivity index (χ1v) is 25.2. The van der Waals surface area contributed by atoms with E-state index in [-0.39, 0.29) is 37.0 Å². The molecule has 4 aromatic carbocycles. The molecular weight excluding hydrogens is 907 g/mol. The Morgan fingerprint density at radius 1 is 0.361 bits per heavy atom. The molecule has 0 radical (unpaired) electrons. The Hall–Kier alpha value is -6.30. The predicted molar refractivity (Wildman–Crippen MR) is 289 cm³/mol. The van der Waals surface area contributed by atoms with E-state index in [1.807, 2.05) is 125 Å². The van der Waals surface area contributed by atoms with E-state index in [2.05, 4.69) is 0 Å². The van der Waals surface area contributed by atoms with Crippen molar-refractivity contribution in [3.05, 3.63) is 120 Å². The smallest absolute Gasteiger partial charge is 0.338 e. The molecule has 12 heteroatoms. The lowest BCUT2D eigenvalue weighted by Crippen LogP contribution is -2.33. The molecule has 0 saturated heterocycles. The Bertz CT molecular complexity index is 2390. The number of carbonyl (C=O) groups is 6. The highest BCUT2D eigenvalue weighted by atomic mass is 16.6. The van der Waals surface area contributed by atoms with Gasteiger partial charge in [-0.05, 0) is 226 Å². The molecule has 0 unspecified atom stereocenters. The average Bonchev–Trinajstić information content (AvgIpc) is 3.23. The minimum Gasteiger partial charge on any atom is -0.456 e. The molecule has 4 aromatic rings. The van der Waals surface area contributed by atoms with E-state index >= 15 is 0 Å². The van der Waals surface area contributed by atoms with Crippen molar-refractivity contribution < 1.29 is 43.0 Å². The summed E-state index contributed by atoms with van der Waals surface area (Å²) >= 11 is 0. The molecule has 0 saturated carbocycles.